The molecule has 0 bridgehead atoms. The van der Waals surface area contributed by atoms with Crippen molar-refractivity contribution in [3.8, 4) is 5.75 Å². The van der Waals surface area contributed by atoms with Crippen LogP contribution in [-0.2, 0) is 6.54 Å². The lowest BCUT2D eigenvalue weighted by atomic mass is 10.1. The maximum Gasteiger partial charge on any atom is 0.161 e. The summed E-state index contributed by atoms with van der Waals surface area (Å²) in [5.74, 6) is 0.709. The van der Waals surface area contributed by atoms with Gasteiger partial charge in [-0.25, -0.2) is 0 Å². The Morgan fingerprint density at radius 1 is 1.50 bits per heavy atom. The van der Waals surface area contributed by atoms with Gasteiger partial charge in [0.05, 0.1) is 30.2 Å². The van der Waals surface area contributed by atoms with E-state index in [0.717, 1.165) is 28.0 Å². The number of ether oxygens (including phenoxy) is 1. The van der Waals surface area contributed by atoms with E-state index in [-0.39, 0.29) is 6.04 Å². The van der Waals surface area contributed by atoms with Gasteiger partial charge in [-0.15, -0.1) is 11.3 Å². The van der Waals surface area contributed by atoms with Gasteiger partial charge in [0.1, 0.15) is 5.69 Å². The van der Waals surface area contributed by atoms with Gasteiger partial charge in [0.2, 0.25) is 0 Å². The second-order valence-corrected chi connectivity index (χ2v) is 6.49. The Labute approximate surface area is 127 Å². The third kappa shape index (κ3) is 3.32. The van der Waals surface area contributed by atoms with Crippen LogP contribution >= 0.6 is 22.9 Å². The van der Waals surface area contributed by atoms with E-state index in [4.69, 9.17) is 22.1 Å². The summed E-state index contributed by atoms with van der Waals surface area (Å²) < 4.78 is 8.01. The predicted octanol–water partition coefficient (Wildman–Crippen LogP) is 2.22. The van der Waals surface area contributed by atoms with Crippen LogP contribution in [0.4, 0.5) is 0 Å². The van der Waals surface area contributed by atoms with Gasteiger partial charge in [-0.2, -0.15) is 5.10 Å². The normalized spacial score (nSPS) is 12.9. The topological polar surface area (TPSA) is 56.3 Å². The van der Waals surface area contributed by atoms with Crippen LogP contribution in [0.5, 0.6) is 5.75 Å². The van der Waals surface area contributed by atoms with E-state index in [0.29, 0.717) is 5.75 Å². The number of hydrogen-bond donors (Lipinski definition) is 1. The van der Waals surface area contributed by atoms with Crippen molar-refractivity contribution in [2.75, 3.05) is 27.7 Å². The molecule has 0 amide bonds. The minimum Gasteiger partial charge on any atom is -0.493 e. The Hall–Kier alpha value is -1.08. The van der Waals surface area contributed by atoms with Crippen LogP contribution in [0.2, 0.25) is 4.34 Å². The van der Waals surface area contributed by atoms with Crippen LogP contribution in [0, 0.1) is 0 Å². The lowest BCUT2D eigenvalue weighted by Gasteiger charge is -2.16. The number of likely N-dealkylation sites (N-methyl/N-ethyl adjacent to an activating group) is 1. The molecule has 5 nitrogen and oxygen atoms in total. The van der Waals surface area contributed by atoms with Crippen molar-refractivity contribution >= 4 is 22.9 Å². The van der Waals surface area contributed by atoms with Crippen LogP contribution in [-0.4, -0.2) is 42.4 Å². The lowest BCUT2D eigenvalue weighted by molar-refractivity contribution is 0.363. The molecular formula is C13H19ClN4OS. The molecule has 20 heavy (non-hydrogen) atoms. The number of hydrogen-bond acceptors (Lipinski definition) is 5. The summed E-state index contributed by atoms with van der Waals surface area (Å²) in [7, 11) is 5.68. The molecule has 1 atom stereocenters. The fourth-order valence-electron chi connectivity index (χ4n) is 1.95. The molecule has 0 aliphatic carbocycles. The first-order valence-corrected chi connectivity index (χ1v) is 7.47. The molecule has 0 saturated heterocycles. The van der Waals surface area contributed by atoms with Crippen molar-refractivity contribution in [1.29, 1.82) is 0 Å². The van der Waals surface area contributed by atoms with Crippen LogP contribution < -0.4 is 10.5 Å². The second-order valence-electron chi connectivity index (χ2n) is 4.74. The highest BCUT2D eigenvalue weighted by Crippen LogP contribution is 2.33. The Balaban J connectivity index is 2.30. The number of nitrogens with two attached hydrogens (primary N) is 1. The molecule has 2 N–H and O–H groups in total. The van der Waals surface area contributed by atoms with Crippen molar-refractivity contribution < 1.29 is 4.74 Å². The number of rotatable bonds is 6. The SMILES string of the molecule is COc1cnn(CCN(C)C)c1C(N)c1ccc(Cl)s1. The van der Waals surface area contributed by atoms with Crippen LogP contribution in [0.1, 0.15) is 16.6 Å². The Morgan fingerprint density at radius 2 is 2.25 bits per heavy atom. The highest BCUT2D eigenvalue weighted by molar-refractivity contribution is 7.16. The van der Waals surface area contributed by atoms with E-state index in [1.807, 2.05) is 30.9 Å². The van der Waals surface area contributed by atoms with Gasteiger partial charge in [-0.1, -0.05) is 11.6 Å². The van der Waals surface area contributed by atoms with Crippen LogP contribution in [0.25, 0.3) is 0 Å². The first kappa shape index (κ1) is 15.3. The summed E-state index contributed by atoms with van der Waals surface area (Å²) in [5.41, 5.74) is 7.24. The smallest absolute Gasteiger partial charge is 0.161 e. The van der Waals surface area contributed by atoms with Gasteiger partial charge in [-0.05, 0) is 26.2 Å². The summed E-state index contributed by atoms with van der Waals surface area (Å²) in [6.45, 7) is 1.65. The first-order chi connectivity index (χ1) is 9.52. The fourth-order valence-corrected chi connectivity index (χ4v) is 3.02. The summed E-state index contributed by atoms with van der Waals surface area (Å²) in [4.78, 5) is 3.10. The monoisotopic (exact) mass is 314 g/mol. The van der Waals surface area contributed by atoms with E-state index in [1.54, 1.807) is 13.3 Å². The van der Waals surface area contributed by atoms with Crippen molar-refractivity contribution in [2.24, 2.45) is 5.73 Å². The summed E-state index contributed by atoms with van der Waals surface area (Å²) >= 11 is 7.46. The van der Waals surface area contributed by atoms with E-state index < -0.39 is 0 Å². The summed E-state index contributed by atoms with van der Waals surface area (Å²) in [6, 6.07) is 3.52. The Bertz CT molecular complexity index is 566. The molecule has 0 aliphatic heterocycles. The van der Waals surface area contributed by atoms with E-state index in [1.165, 1.54) is 11.3 Å². The van der Waals surface area contributed by atoms with Crippen molar-refractivity contribution in [3.05, 3.63) is 33.2 Å². The van der Waals surface area contributed by atoms with Gasteiger partial charge in [0.25, 0.3) is 0 Å². The fraction of sp³-hybridized carbons (Fsp3) is 0.462. The highest BCUT2D eigenvalue weighted by atomic mass is 35.5. The molecule has 2 rings (SSSR count). The van der Waals surface area contributed by atoms with Crippen LogP contribution in [0.15, 0.2) is 18.3 Å². The van der Waals surface area contributed by atoms with Crippen molar-refractivity contribution in [2.45, 2.75) is 12.6 Å². The second kappa shape index (κ2) is 6.58. The van der Waals surface area contributed by atoms with Gasteiger partial charge >= 0.3 is 0 Å². The third-order valence-electron chi connectivity index (χ3n) is 3.02. The maximum absolute atomic E-state index is 6.35. The zero-order valence-corrected chi connectivity index (χ0v) is 13.4. The predicted molar refractivity (Wildman–Crippen MR) is 82.7 cm³/mol. The average Bonchev–Trinajstić information content (AvgIpc) is 3.01. The zero-order chi connectivity index (χ0) is 14.7. The van der Waals surface area contributed by atoms with Gasteiger partial charge in [-0.3, -0.25) is 4.68 Å². The molecule has 0 aromatic carbocycles. The van der Waals surface area contributed by atoms with Gasteiger partial charge in [0, 0.05) is 11.4 Å². The minimum absolute atomic E-state index is 0.285. The lowest BCUT2D eigenvalue weighted by Crippen LogP contribution is -2.23. The quantitative estimate of drug-likeness (QED) is 0.888. The molecule has 2 aromatic rings. The highest BCUT2D eigenvalue weighted by Gasteiger charge is 2.21. The molecule has 110 valence electrons. The summed E-state index contributed by atoms with van der Waals surface area (Å²) in [5, 5.41) is 4.37. The number of aromatic nitrogens is 2. The van der Waals surface area contributed by atoms with Gasteiger partial charge in [0.15, 0.2) is 5.75 Å². The molecule has 0 fully saturated rings. The summed E-state index contributed by atoms with van der Waals surface area (Å²) in [6.07, 6.45) is 1.71. The number of halogens is 1. The largest absolute Gasteiger partial charge is 0.493 e. The number of thiophene rings is 1. The first-order valence-electron chi connectivity index (χ1n) is 6.28. The average molecular weight is 315 g/mol. The standard InChI is InChI=1S/C13H19ClN4OS/c1-17(2)6-7-18-13(9(19-3)8-16-18)12(15)10-4-5-11(14)20-10/h4-5,8,12H,6-7,15H2,1-3H3. The maximum atomic E-state index is 6.35. The molecular weight excluding hydrogens is 296 g/mol. The third-order valence-corrected chi connectivity index (χ3v) is 4.33. The molecule has 7 heteroatoms. The molecule has 0 aliphatic rings. The van der Waals surface area contributed by atoms with Crippen molar-refractivity contribution in [1.82, 2.24) is 14.7 Å². The molecule has 0 radical (unpaired) electrons. The zero-order valence-electron chi connectivity index (χ0n) is 11.8. The Morgan fingerprint density at radius 3 is 2.80 bits per heavy atom. The molecule has 0 spiro atoms. The van der Waals surface area contributed by atoms with E-state index in [9.17, 15) is 0 Å². The minimum atomic E-state index is -0.285. The molecule has 2 heterocycles. The Kier molecular flexibility index (Phi) is 5.04. The van der Waals surface area contributed by atoms with Gasteiger partial charge < -0.3 is 15.4 Å². The molecule has 1 unspecified atom stereocenters. The van der Waals surface area contributed by atoms with E-state index >= 15 is 0 Å². The number of nitrogens with zero attached hydrogens (tertiary/aromatic N) is 3. The molecule has 2 aromatic heterocycles. The van der Waals surface area contributed by atoms with E-state index in [2.05, 4.69) is 10.00 Å². The van der Waals surface area contributed by atoms with Crippen molar-refractivity contribution in [3.63, 3.8) is 0 Å². The van der Waals surface area contributed by atoms with Crippen LogP contribution in [0.3, 0.4) is 0 Å². The number of methoxy groups -OCH3 is 1. The molecule has 0 saturated carbocycles.